The summed E-state index contributed by atoms with van der Waals surface area (Å²) in [4.78, 5) is 27.5. The van der Waals surface area contributed by atoms with Gasteiger partial charge in [0.05, 0.1) is 23.5 Å². The number of nitrogens with one attached hydrogen (secondary N) is 1. The summed E-state index contributed by atoms with van der Waals surface area (Å²) >= 11 is 0. The van der Waals surface area contributed by atoms with E-state index in [1.54, 1.807) is 26.0 Å². The number of hydrogen-bond donors (Lipinski definition) is 1. The molecule has 34 heavy (non-hydrogen) atoms. The fraction of sp³-hybridized carbons (Fsp3) is 0.440. The third-order valence-electron chi connectivity index (χ3n) is 6.60. The molecular formula is C25H31N3O5S. The van der Waals surface area contributed by atoms with E-state index in [1.807, 2.05) is 37.3 Å². The van der Waals surface area contributed by atoms with Crippen LogP contribution in [0.1, 0.15) is 37.8 Å². The Morgan fingerprint density at radius 2 is 1.79 bits per heavy atom. The first-order valence-electron chi connectivity index (χ1n) is 11.5. The average Bonchev–Trinajstić information content (AvgIpc) is 3.03. The van der Waals surface area contributed by atoms with Crippen molar-refractivity contribution in [2.75, 3.05) is 44.3 Å². The van der Waals surface area contributed by atoms with E-state index in [0.29, 0.717) is 44.1 Å². The lowest BCUT2D eigenvalue weighted by Crippen LogP contribution is -2.43. The van der Waals surface area contributed by atoms with E-state index >= 15 is 0 Å². The van der Waals surface area contributed by atoms with Crippen molar-refractivity contribution < 1.29 is 22.7 Å². The lowest BCUT2D eigenvalue weighted by Gasteiger charge is -2.26. The summed E-state index contributed by atoms with van der Waals surface area (Å²) < 4.78 is 32.9. The number of nitrogens with zero attached hydrogens (tertiary/aromatic N) is 2. The van der Waals surface area contributed by atoms with E-state index < -0.39 is 15.4 Å². The van der Waals surface area contributed by atoms with Crippen LogP contribution in [0.15, 0.2) is 53.4 Å². The van der Waals surface area contributed by atoms with Crippen LogP contribution in [0.3, 0.4) is 0 Å². The predicted octanol–water partition coefficient (Wildman–Crippen LogP) is 2.25. The molecule has 1 unspecified atom stereocenters. The molecule has 2 aliphatic rings. The van der Waals surface area contributed by atoms with E-state index in [-0.39, 0.29) is 29.2 Å². The molecule has 0 saturated carbocycles. The van der Waals surface area contributed by atoms with Crippen molar-refractivity contribution in [1.29, 1.82) is 0 Å². The first kappa shape index (κ1) is 24.4. The second-order valence-electron chi connectivity index (χ2n) is 9.33. The van der Waals surface area contributed by atoms with Gasteiger partial charge < -0.3 is 15.0 Å². The van der Waals surface area contributed by atoms with E-state index in [2.05, 4.69) is 5.32 Å². The Kier molecular flexibility index (Phi) is 6.80. The quantitative estimate of drug-likeness (QED) is 0.649. The largest absolute Gasteiger partial charge is 0.379 e. The van der Waals surface area contributed by atoms with Crippen LogP contribution < -0.4 is 10.2 Å². The SMILES string of the molecule is CC(CNC(=O)CN1C(=O)C(C)(C)c2cc(S(=O)(=O)N3CCOCC3)ccc21)c1ccccc1. The molecule has 2 amide bonds. The van der Waals surface area contributed by atoms with Crippen LogP contribution in [0.4, 0.5) is 5.69 Å². The highest BCUT2D eigenvalue weighted by atomic mass is 32.2. The molecule has 2 aromatic rings. The lowest BCUT2D eigenvalue weighted by molar-refractivity contribution is -0.125. The number of benzene rings is 2. The first-order chi connectivity index (χ1) is 16.1. The molecule has 2 aliphatic heterocycles. The summed E-state index contributed by atoms with van der Waals surface area (Å²) in [5.74, 6) is -0.351. The number of amides is 2. The standard InChI is InChI=1S/C25H31N3O5S/c1-18(19-7-5-4-6-8-19)16-26-23(29)17-28-22-10-9-20(15-21(22)25(2,3)24(28)30)34(31,32)27-11-13-33-14-12-27/h4-10,15,18H,11-14,16-17H2,1-3H3,(H,26,29). The Balaban J connectivity index is 1.50. The zero-order chi connectivity index (χ0) is 24.5. The van der Waals surface area contributed by atoms with Crippen LogP contribution in [0, 0.1) is 0 Å². The monoisotopic (exact) mass is 485 g/mol. The van der Waals surface area contributed by atoms with Crippen molar-refractivity contribution in [1.82, 2.24) is 9.62 Å². The molecule has 8 nitrogen and oxygen atoms in total. The maximum absolute atomic E-state index is 13.2. The molecule has 2 aromatic carbocycles. The third-order valence-corrected chi connectivity index (χ3v) is 8.49. The number of fused-ring (bicyclic) bond motifs is 1. The van der Waals surface area contributed by atoms with Gasteiger partial charge in [0.15, 0.2) is 0 Å². The highest BCUT2D eigenvalue weighted by molar-refractivity contribution is 7.89. The molecule has 1 saturated heterocycles. The van der Waals surface area contributed by atoms with Crippen molar-refractivity contribution >= 4 is 27.5 Å². The first-order valence-corrected chi connectivity index (χ1v) is 12.9. The van der Waals surface area contributed by atoms with Gasteiger partial charge in [0.1, 0.15) is 6.54 Å². The molecule has 9 heteroatoms. The van der Waals surface area contributed by atoms with Gasteiger partial charge in [-0.2, -0.15) is 4.31 Å². The molecule has 2 heterocycles. The minimum absolute atomic E-state index is 0.119. The smallest absolute Gasteiger partial charge is 0.243 e. The number of morpholine rings is 1. The molecule has 4 rings (SSSR count). The van der Waals surface area contributed by atoms with Crippen molar-refractivity contribution in [3.63, 3.8) is 0 Å². The van der Waals surface area contributed by atoms with Crippen LogP contribution in [-0.2, 0) is 29.8 Å². The maximum Gasteiger partial charge on any atom is 0.243 e. The van der Waals surface area contributed by atoms with Gasteiger partial charge in [-0.25, -0.2) is 8.42 Å². The molecule has 0 aromatic heterocycles. The van der Waals surface area contributed by atoms with E-state index in [1.165, 1.54) is 15.3 Å². The number of carbonyl (C=O) groups is 2. The second kappa shape index (κ2) is 9.48. The van der Waals surface area contributed by atoms with Crippen molar-refractivity contribution in [2.45, 2.75) is 37.0 Å². The number of sulfonamides is 1. The molecule has 0 spiro atoms. The van der Waals surface area contributed by atoms with Gasteiger partial charge in [-0.1, -0.05) is 37.3 Å². The van der Waals surface area contributed by atoms with Crippen LogP contribution in [0.2, 0.25) is 0 Å². The van der Waals surface area contributed by atoms with Crippen molar-refractivity contribution in [2.24, 2.45) is 0 Å². The fourth-order valence-electron chi connectivity index (χ4n) is 4.43. The molecule has 1 N–H and O–H groups in total. The van der Waals surface area contributed by atoms with E-state index in [9.17, 15) is 18.0 Å². The van der Waals surface area contributed by atoms with Gasteiger partial charge in [-0.05, 0) is 49.1 Å². The van der Waals surface area contributed by atoms with Gasteiger partial charge in [-0.3, -0.25) is 9.59 Å². The Labute approximate surface area is 200 Å². The number of carbonyl (C=O) groups excluding carboxylic acids is 2. The highest BCUT2D eigenvalue weighted by Crippen LogP contribution is 2.42. The normalized spacial score (nSPS) is 19.0. The van der Waals surface area contributed by atoms with Crippen LogP contribution in [-0.4, -0.2) is 63.9 Å². The van der Waals surface area contributed by atoms with E-state index in [4.69, 9.17) is 4.74 Å². The number of hydrogen-bond acceptors (Lipinski definition) is 5. The van der Waals surface area contributed by atoms with E-state index in [0.717, 1.165) is 5.56 Å². The Morgan fingerprint density at radius 1 is 1.12 bits per heavy atom. The molecule has 182 valence electrons. The zero-order valence-electron chi connectivity index (χ0n) is 19.8. The third kappa shape index (κ3) is 4.60. The molecule has 0 aliphatic carbocycles. The minimum atomic E-state index is -3.69. The summed E-state index contributed by atoms with van der Waals surface area (Å²) in [7, 11) is -3.69. The topological polar surface area (TPSA) is 96.0 Å². The predicted molar refractivity (Wildman–Crippen MR) is 129 cm³/mol. The summed E-state index contributed by atoms with van der Waals surface area (Å²) in [6.07, 6.45) is 0. The Hall–Kier alpha value is -2.75. The average molecular weight is 486 g/mol. The Morgan fingerprint density at radius 3 is 2.47 bits per heavy atom. The summed E-state index contributed by atoms with van der Waals surface area (Å²) in [5.41, 5.74) is 1.36. The number of anilines is 1. The van der Waals surface area contributed by atoms with Crippen LogP contribution in [0.25, 0.3) is 0 Å². The lowest BCUT2D eigenvalue weighted by atomic mass is 9.86. The van der Waals surface area contributed by atoms with Gasteiger partial charge in [-0.15, -0.1) is 0 Å². The molecule has 1 atom stereocenters. The minimum Gasteiger partial charge on any atom is -0.379 e. The van der Waals surface area contributed by atoms with Crippen LogP contribution >= 0.6 is 0 Å². The van der Waals surface area contributed by atoms with Gasteiger partial charge >= 0.3 is 0 Å². The molecular weight excluding hydrogens is 454 g/mol. The number of ether oxygens (including phenoxy) is 1. The zero-order valence-corrected chi connectivity index (χ0v) is 20.6. The molecule has 1 fully saturated rings. The highest BCUT2D eigenvalue weighted by Gasteiger charge is 2.45. The second-order valence-corrected chi connectivity index (χ2v) is 11.3. The molecule has 0 bridgehead atoms. The fourth-order valence-corrected chi connectivity index (χ4v) is 5.87. The van der Waals surface area contributed by atoms with Crippen LogP contribution in [0.5, 0.6) is 0 Å². The van der Waals surface area contributed by atoms with Gasteiger partial charge in [0, 0.05) is 25.3 Å². The summed E-state index contributed by atoms with van der Waals surface area (Å²) in [6, 6.07) is 14.6. The van der Waals surface area contributed by atoms with Gasteiger partial charge in [0.2, 0.25) is 21.8 Å². The summed E-state index contributed by atoms with van der Waals surface area (Å²) in [6.45, 7) is 7.21. The summed E-state index contributed by atoms with van der Waals surface area (Å²) in [5, 5.41) is 2.92. The molecule has 0 radical (unpaired) electrons. The van der Waals surface area contributed by atoms with Crippen molar-refractivity contribution in [3.05, 3.63) is 59.7 Å². The van der Waals surface area contributed by atoms with Gasteiger partial charge in [0.25, 0.3) is 0 Å². The Bertz CT molecular complexity index is 1170. The van der Waals surface area contributed by atoms with Crippen molar-refractivity contribution in [3.8, 4) is 0 Å². The number of rotatable bonds is 7. The maximum atomic E-state index is 13.2.